The van der Waals surface area contributed by atoms with Crippen LogP contribution in [-0.4, -0.2) is 64.7 Å². The van der Waals surface area contributed by atoms with Gasteiger partial charge in [0.2, 0.25) is 5.91 Å². The number of amides is 3. The van der Waals surface area contributed by atoms with Crippen LogP contribution in [0, 0.1) is 5.92 Å². The minimum atomic E-state index is -0.788. The van der Waals surface area contributed by atoms with Gasteiger partial charge in [0.25, 0.3) is 11.8 Å². The monoisotopic (exact) mass is 490 g/mol. The number of carbonyl (C=O) groups excluding carboxylic acids is 3. The number of thiazole rings is 1. The Kier molecular flexibility index (Phi) is 6.32. The van der Waals surface area contributed by atoms with E-state index >= 15 is 0 Å². The fourth-order valence-corrected chi connectivity index (χ4v) is 5.98. The summed E-state index contributed by atoms with van der Waals surface area (Å²) in [6, 6.07) is 12.4. The molecule has 1 aromatic heterocycles. The first-order valence-corrected chi connectivity index (χ1v) is 13.1. The van der Waals surface area contributed by atoms with Crippen LogP contribution in [0.3, 0.4) is 0 Å². The van der Waals surface area contributed by atoms with Crippen LogP contribution in [-0.2, 0) is 11.2 Å². The quantitative estimate of drug-likeness (QED) is 0.484. The zero-order chi connectivity index (χ0) is 24.7. The van der Waals surface area contributed by atoms with Gasteiger partial charge in [-0.25, -0.2) is 4.98 Å². The zero-order valence-corrected chi connectivity index (χ0v) is 21.2. The molecule has 1 saturated heterocycles. The van der Waals surface area contributed by atoms with E-state index in [9.17, 15) is 14.4 Å². The molecule has 1 unspecified atom stereocenters. The summed E-state index contributed by atoms with van der Waals surface area (Å²) in [5, 5.41) is 0.972. The molecule has 2 aliphatic heterocycles. The average molecular weight is 491 g/mol. The van der Waals surface area contributed by atoms with Crippen LogP contribution in [0.25, 0.3) is 10.2 Å². The summed E-state index contributed by atoms with van der Waals surface area (Å²) >= 11 is 1.69. The van der Waals surface area contributed by atoms with Gasteiger partial charge >= 0.3 is 0 Å². The van der Waals surface area contributed by atoms with Crippen LogP contribution in [0.15, 0.2) is 42.5 Å². The lowest BCUT2D eigenvalue weighted by atomic mass is 10.0. The van der Waals surface area contributed by atoms with Crippen molar-refractivity contribution in [3.05, 3.63) is 59.2 Å². The summed E-state index contributed by atoms with van der Waals surface area (Å²) in [7, 11) is 0. The molecule has 2 aliphatic rings. The highest BCUT2D eigenvalue weighted by molar-refractivity contribution is 7.22. The van der Waals surface area contributed by atoms with Gasteiger partial charge in [0.15, 0.2) is 5.13 Å². The first kappa shape index (κ1) is 23.5. The Labute approximate surface area is 209 Å². The third-order valence-electron chi connectivity index (χ3n) is 6.83. The first-order chi connectivity index (χ1) is 16.9. The fraction of sp³-hybridized carbons (Fsp3) is 0.407. The maximum absolute atomic E-state index is 13.7. The molecule has 182 valence electrons. The van der Waals surface area contributed by atoms with E-state index in [1.165, 1.54) is 15.2 Å². The Morgan fingerprint density at radius 3 is 2.26 bits per heavy atom. The Hall–Kier alpha value is -3.26. The molecule has 2 aromatic carbocycles. The highest BCUT2D eigenvalue weighted by Gasteiger charge is 2.44. The van der Waals surface area contributed by atoms with E-state index in [2.05, 4.69) is 30.0 Å². The van der Waals surface area contributed by atoms with E-state index in [1.54, 1.807) is 40.5 Å². The number of hydrogen-bond acceptors (Lipinski definition) is 6. The molecule has 3 aromatic rings. The fourth-order valence-electron chi connectivity index (χ4n) is 4.90. The van der Waals surface area contributed by atoms with Crippen LogP contribution in [0.4, 0.5) is 5.13 Å². The lowest BCUT2D eigenvalue weighted by molar-refractivity contribution is -0.136. The number of fused-ring (bicyclic) bond motifs is 2. The van der Waals surface area contributed by atoms with Crippen molar-refractivity contribution < 1.29 is 14.4 Å². The van der Waals surface area contributed by atoms with Gasteiger partial charge in [0.05, 0.1) is 21.3 Å². The molecule has 0 saturated carbocycles. The predicted molar refractivity (Wildman–Crippen MR) is 138 cm³/mol. The lowest BCUT2D eigenvalue weighted by Crippen LogP contribution is -2.56. The van der Waals surface area contributed by atoms with Crippen molar-refractivity contribution in [3.63, 3.8) is 0 Å². The average Bonchev–Trinajstić information content (AvgIpc) is 3.40. The Bertz CT molecular complexity index is 1260. The number of anilines is 1. The van der Waals surface area contributed by atoms with E-state index < -0.39 is 6.04 Å². The van der Waals surface area contributed by atoms with Crippen LogP contribution >= 0.6 is 11.3 Å². The number of carbonyl (C=O) groups is 3. The summed E-state index contributed by atoms with van der Waals surface area (Å²) in [5.41, 5.74) is 3.06. The molecule has 0 aliphatic carbocycles. The maximum Gasteiger partial charge on any atom is 0.262 e. The molecule has 3 amide bonds. The molecule has 0 spiro atoms. The molecule has 8 heteroatoms. The lowest BCUT2D eigenvalue weighted by Gasteiger charge is -2.38. The zero-order valence-electron chi connectivity index (χ0n) is 20.4. The van der Waals surface area contributed by atoms with Gasteiger partial charge in [-0.05, 0) is 48.6 Å². The maximum atomic E-state index is 13.7. The molecule has 1 fully saturated rings. The molecule has 1 atom stereocenters. The summed E-state index contributed by atoms with van der Waals surface area (Å²) in [5.74, 6) is -0.733. The second-order valence-corrected chi connectivity index (χ2v) is 10.6. The van der Waals surface area contributed by atoms with Crippen molar-refractivity contribution >= 4 is 44.4 Å². The van der Waals surface area contributed by atoms with Gasteiger partial charge in [0, 0.05) is 26.2 Å². The summed E-state index contributed by atoms with van der Waals surface area (Å²) < 4.78 is 1.18. The third-order valence-corrected chi connectivity index (χ3v) is 7.91. The molecular weight excluding hydrogens is 460 g/mol. The summed E-state index contributed by atoms with van der Waals surface area (Å²) in [4.78, 5) is 49.9. The van der Waals surface area contributed by atoms with E-state index in [4.69, 9.17) is 4.98 Å². The van der Waals surface area contributed by atoms with Crippen LogP contribution in [0.1, 0.15) is 53.5 Å². The minimum Gasteiger partial charge on any atom is -0.345 e. The minimum absolute atomic E-state index is 0.148. The molecular formula is C27H30N4O3S. The van der Waals surface area contributed by atoms with Gasteiger partial charge < -0.3 is 9.80 Å². The highest BCUT2D eigenvalue weighted by atomic mass is 32.1. The Balaban J connectivity index is 1.31. The molecule has 5 rings (SSSR count). The van der Waals surface area contributed by atoms with Gasteiger partial charge in [-0.3, -0.25) is 19.3 Å². The van der Waals surface area contributed by atoms with Gasteiger partial charge in [0.1, 0.15) is 6.04 Å². The number of benzene rings is 2. The highest BCUT2D eigenvalue weighted by Crippen LogP contribution is 2.31. The van der Waals surface area contributed by atoms with Crippen molar-refractivity contribution in [1.82, 2.24) is 14.8 Å². The van der Waals surface area contributed by atoms with Crippen molar-refractivity contribution in [1.29, 1.82) is 0 Å². The predicted octanol–water partition coefficient (Wildman–Crippen LogP) is 4.22. The number of aryl methyl sites for hydroxylation is 1. The first-order valence-electron chi connectivity index (χ1n) is 12.3. The molecule has 0 N–H and O–H groups in total. The molecule has 35 heavy (non-hydrogen) atoms. The molecule has 0 radical (unpaired) electrons. The molecule has 0 bridgehead atoms. The van der Waals surface area contributed by atoms with E-state index in [-0.39, 0.29) is 23.6 Å². The van der Waals surface area contributed by atoms with E-state index in [0.29, 0.717) is 43.7 Å². The van der Waals surface area contributed by atoms with Gasteiger partial charge in [-0.15, -0.1) is 0 Å². The largest absolute Gasteiger partial charge is 0.345 e. The van der Waals surface area contributed by atoms with Crippen molar-refractivity contribution in [3.8, 4) is 0 Å². The normalized spacial score (nSPS) is 17.0. The topological polar surface area (TPSA) is 73.8 Å². The standard InChI is InChI=1S/C27H30N4O3S/c1-4-18-9-10-21-23(16-18)35-27(28-21)30-13-11-29(12-14-30)26(34)22(15-17(2)3)31-24(32)19-7-5-6-8-20(19)25(31)33/h5-10,16-17,22H,4,11-15H2,1-3H3. The SMILES string of the molecule is CCc1ccc2nc(N3CCN(C(=O)C(CC(C)C)N4C(=O)c5ccccc5C4=O)CC3)sc2c1. The van der Waals surface area contributed by atoms with E-state index in [0.717, 1.165) is 17.1 Å². The Morgan fingerprint density at radius 1 is 1.00 bits per heavy atom. The molecule has 3 heterocycles. The second kappa shape index (κ2) is 9.41. The van der Waals surface area contributed by atoms with Crippen molar-refractivity contribution in [2.45, 2.75) is 39.7 Å². The smallest absolute Gasteiger partial charge is 0.262 e. The van der Waals surface area contributed by atoms with Crippen molar-refractivity contribution in [2.75, 3.05) is 31.1 Å². The Morgan fingerprint density at radius 2 is 1.66 bits per heavy atom. The van der Waals surface area contributed by atoms with E-state index in [1.807, 2.05) is 13.8 Å². The third kappa shape index (κ3) is 4.31. The number of rotatable bonds is 6. The van der Waals surface area contributed by atoms with Crippen LogP contribution in [0.5, 0.6) is 0 Å². The van der Waals surface area contributed by atoms with Crippen LogP contribution in [0.2, 0.25) is 0 Å². The van der Waals surface area contributed by atoms with Gasteiger partial charge in [-0.2, -0.15) is 0 Å². The van der Waals surface area contributed by atoms with Crippen LogP contribution < -0.4 is 4.90 Å². The molecule has 7 nitrogen and oxygen atoms in total. The number of hydrogen-bond donors (Lipinski definition) is 0. The number of nitrogens with zero attached hydrogens (tertiary/aromatic N) is 4. The summed E-state index contributed by atoms with van der Waals surface area (Å²) in [6.45, 7) is 8.57. The number of piperazine rings is 1. The number of imide groups is 1. The second-order valence-electron chi connectivity index (χ2n) is 9.64. The van der Waals surface area contributed by atoms with Gasteiger partial charge in [-0.1, -0.05) is 50.3 Å². The number of aromatic nitrogens is 1. The van der Waals surface area contributed by atoms with Crippen molar-refractivity contribution in [2.24, 2.45) is 5.92 Å². The summed E-state index contributed by atoms with van der Waals surface area (Å²) in [6.07, 6.45) is 1.44.